The number of carboxylic acids is 1. The molecule has 1 aromatic rings. The number of carbonyl (C=O) groups is 2. The number of hydrogen-bond acceptors (Lipinski definition) is 5. The molecular weight excluding hydrogens is 269 g/mol. The maximum atomic E-state index is 11.2. The van der Waals surface area contributed by atoms with Gasteiger partial charge in [-0.3, -0.25) is 0 Å². The molecule has 1 aromatic carbocycles. The van der Waals surface area contributed by atoms with Crippen LogP contribution in [0.3, 0.4) is 0 Å². The Morgan fingerprint density at radius 1 is 1.35 bits per heavy atom. The smallest absolute Gasteiger partial charge is 0.548 e. The fourth-order valence-corrected chi connectivity index (χ4v) is 1.55. The summed E-state index contributed by atoms with van der Waals surface area (Å²) in [6.07, 6.45) is 1.21. The molecular formula is C14H16NNaO4. The van der Waals surface area contributed by atoms with E-state index in [4.69, 9.17) is 4.74 Å². The van der Waals surface area contributed by atoms with E-state index in [9.17, 15) is 14.7 Å². The van der Waals surface area contributed by atoms with Crippen LogP contribution in [0.5, 0.6) is 0 Å². The summed E-state index contributed by atoms with van der Waals surface area (Å²) < 4.78 is 4.74. The van der Waals surface area contributed by atoms with Gasteiger partial charge < -0.3 is 20.0 Å². The molecule has 0 saturated heterocycles. The molecule has 1 unspecified atom stereocenters. The molecule has 1 rings (SSSR count). The van der Waals surface area contributed by atoms with Gasteiger partial charge in [0.1, 0.15) is 0 Å². The third-order valence-electron chi connectivity index (χ3n) is 2.36. The molecule has 102 valence electrons. The maximum absolute atomic E-state index is 11.2. The predicted octanol–water partition coefficient (Wildman–Crippen LogP) is -2.46. The minimum atomic E-state index is -1.26. The molecule has 6 heteroatoms. The molecule has 0 aliphatic carbocycles. The van der Waals surface area contributed by atoms with E-state index in [0.29, 0.717) is 11.3 Å². The number of allylic oxidation sites excluding steroid dienone is 1. The summed E-state index contributed by atoms with van der Waals surface area (Å²) >= 11 is 0. The number of nitrogens with one attached hydrogen (secondary N) is 1. The van der Waals surface area contributed by atoms with Crippen molar-refractivity contribution >= 4 is 11.9 Å². The minimum absolute atomic E-state index is 0. The van der Waals surface area contributed by atoms with Crippen molar-refractivity contribution in [1.29, 1.82) is 0 Å². The second-order valence-electron chi connectivity index (χ2n) is 3.89. The van der Waals surface area contributed by atoms with Gasteiger partial charge in [-0.15, -0.1) is 0 Å². The molecule has 1 N–H and O–H groups in total. The van der Waals surface area contributed by atoms with Crippen LogP contribution in [0.25, 0.3) is 0 Å². The van der Waals surface area contributed by atoms with E-state index in [2.05, 4.69) is 5.32 Å². The first-order valence-corrected chi connectivity index (χ1v) is 5.92. The summed E-state index contributed by atoms with van der Waals surface area (Å²) in [6, 6.07) is 7.59. The van der Waals surface area contributed by atoms with Crippen LogP contribution in [0.4, 0.5) is 0 Å². The number of benzene rings is 1. The second-order valence-corrected chi connectivity index (χ2v) is 3.89. The Labute approximate surface area is 140 Å². The van der Waals surface area contributed by atoms with Gasteiger partial charge in [-0.25, -0.2) is 4.79 Å². The maximum Gasteiger partial charge on any atom is 1.00 e. The molecule has 0 aromatic heterocycles. The van der Waals surface area contributed by atoms with Gasteiger partial charge in [0.25, 0.3) is 0 Å². The zero-order chi connectivity index (χ0) is 14.3. The van der Waals surface area contributed by atoms with E-state index < -0.39 is 18.0 Å². The van der Waals surface area contributed by atoms with Crippen molar-refractivity contribution in [2.75, 3.05) is 6.61 Å². The first-order valence-electron chi connectivity index (χ1n) is 5.92. The van der Waals surface area contributed by atoms with E-state index in [0.717, 1.165) is 0 Å². The van der Waals surface area contributed by atoms with Gasteiger partial charge in [0.05, 0.1) is 18.6 Å². The molecule has 0 aliphatic rings. The van der Waals surface area contributed by atoms with Gasteiger partial charge in [0.2, 0.25) is 0 Å². The fraction of sp³-hybridized carbons (Fsp3) is 0.286. The van der Waals surface area contributed by atoms with Gasteiger partial charge in [-0.05, 0) is 19.4 Å². The molecule has 0 spiro atoms. The van der Waals surface area contributed by atoms with Crippen LogP contribution in [-0.2, 0) is 14.3 Å². The monoisotopic (exact) mass is 285 g/mol. The van der Waals surface area contributed by atoms with Crippen LogP contribution >= 0.6 is 0 Å². The molecule has 0 aliphatic heterocycles. The summed E-state index contributed by atoms with van der Waals surface area (Å²) in [6.45, 7) is 3.56. The normalized spacial score (nSPS) is 12.0. The van der Waals surface area contributed by atoms with Crippen LogP contribution in [0.15, 0.2) is 42.1 Å². The van der Waals surface area contributed by atoms with E-state index in [1.165, 1.54) is 6.08 Å². The van der Waals surface area contributed by atoms with E-state index in [1.54, 1.807) is 44.2 Å². The molecule has 5 nitrogen and oxygen atoms in total. The van der Waals surface area contributed by atoms with Crippen LogP contribution in [-0.4, -0.2) is 18.5 Å². The van der Waals surface area contributed by atoms with Gasteiger partial charge in [-0.1, -0.05) is 30.3 Å². The van der Waals surface area contributed by atoms with Gasteiger partial charge in [0, 0.05) is 11.8 Å². The number of esters is 1. The zero-order valence-corrected chi connectivity index (χ0v) is 13.9. The summed E-state index contributed by atoms with van der Waals surface area (Å²) in [4.78, 5) is 22.4. The third kappa shape index (κ3) is 6.23. The second kappa shape index (κ2) is 9.58. The Balaban J connectivity index is 0.00000361. The molecule has 0 amide bonds. The summed E-state index contributed by atoms with van der Waals surface area (Å²) in [5, 5.41) is 13.9. The topological polar surface area (TPSA) is 78.5 Å². The summed E-state index contributed by atoms with van der Waals surface area (Å²) in [7, 11) is 0. The van der Waals surface area contributed by atoms with Crippen molar-refractivity contribution in [3.05, 3.63) is 47.7 Å². The average molecular weight is 285 g/mol. The van der Waals surface area contributed by atoms with Crippen molar-refractivity contribution < 1.29 is 49.0 Å². The first kappa shape index (κ1) is 18.7. The van der Waals surface area contributed by atoms with Crippen molar-refractivity contribution in [1.82, 2.24) is 5.32 Å². The molecule has 0 fully saturated rings. The summed E-state index contributed by atoms with van der Waals surface area (Å²) in [5.41, 5.74) is 0.954. The van der Waals surface area contributed by atoms with Crippen molar-refractivity contribution in [2.45, 2.75) is 19.9 Å². The molecule has 20 heavy (non-hydrogen) atoms. The first-order chi connectivity index (χ1) is 9.04. The Bertz CT molecular complexity index is 473. The number of hydrogen-bond donors (Lipinski definition) is 1. The van der Waals surface area contributed by atoms with Crippen molar-refractivity contribution in [3.8, 4) is 0 Å². The molecule has 0 bridgehead atoms. The Morgan fingerprint density at radius 3 is 2.45 bits per heavy atom. The van der Waals surface area contributed by atoms with Crippen LogP contribution in [0, 0.1) is 0 Å². The fourth-order valence-electron chi connectivity index (χ4n) is 1.55. The standard InChI is InChI=1S/C14H17NO4.Na/c1-3-19-12(16)9-10(2)15-13(14(17)18)11-7-5-4-6-8-11;/h4-9,13,15H,3H2,1-2H3,(H,17,18);/q;+1/p-1. The number of carbonyl (C=O) groups excluding carboxylic acids is 2. The van der Waals surface area contributed by atoms with Crippen LogP contribution in [0.2, 0.25) is 0 Å². The average Bonchev–Trinajstić information content (AvgIpc) is 2.37. The Hall–Kier alpha value is -1.30. The molecule has 1 atom stereocenters. The predicted molar refractivity (Wildman–Crippen MR) is 67.7 cm³/mol. The van der Waals surface area contributed by atoms with E-state index >= 15 is 0 Å². The third-order valence-corrected chi connectivity index (χ3v) is 2.36. The van der Waals surface area contributed by atoms with Crippen molar-refractivity contribution in [2.24, 2.45) is 0 Å². The number of carboxylic acid groups (broad SMARTS) is 1. The van der Waals surface area contributed by atoms with E-state index in [1.807, 2.05) is 0 Å². The van der Waals surface area contributed by atoms with E-state index in [-0.39, 0.29) is 36.2 Å². The number of ether oxygens (including phenoxy) is 1. The van der Waals surface area contributed by atoms with Crippen LogP contribution < -0.4 is 40.0 Å². The quantitative estimate of drug-likeness (QED) is 0.356. The Kier molecular flexibility index (Phi) is 8.96. The number of aliphatic carboxylic acids is 1. The SMILES string of the molecule is CCOC(=O)C=C(C)NC(C(=O)[O-])c1ccccc1.[Na+]. The van der Waals surface area contributed by atoms with Gasteiger partial charge in [0.15, 0.2) is 0 Å². The largest absolute Gasteiger partial charge is 1.00 e. The molecule has 0 radical (unpaired) electrons. The minimum Gasteiger partial charge on any atom is -0.548 e. The molecule has 0 heterocycles. The Morgan fingerprint density at radius 2 is 1.95 bits per heavy atom. The van der Waals surface area contributed by atoms with Gasteiger partial charge in [-0.2, -0.15) is 0 Å². The molecule has 0 saturated carbocycles. The van der Waals surface area contributed by atoms with Gasteiger partial charge >= 0.3 is 35.5 Å². The number of rotatable bonds is 6. The summed E-state index contributed by atoms with van der Waals surface area (Å²) in [5.74, 6) is -1.78. The zero-order valence-electron chi connectivity index (χ0n) is 11.9. The van der Waals surface area contributed by atoms with Crippen LogP contribution in [0.1, 0.15) is 25.5 Å². The van der Waals surface area contributed by atoms with Crippen molar-refractivity contribution in [3.63, 3.8) is 0 Å².